The summed E-state index contributed by atoms with van der Waals surface area (Å²) in [6.45, 7) is 3.00. The van der Waals surface area contributed by atoms with Crippen LogP contribution in [-0.2, 0) is 9.59 Å². The van der Waals surface area contributed by atoms with Crippen LogP contribution < -0.4 is 5.73 Å². The average Bonchev–Trinajstić information content (AvgIpc) is 3.15. The van der Waals surface area contributed by atoms with E-state index in [9.17, 15) is 19.6 Å². The molecule has 3 aliphatic heterocycles. The van der Waals surface area contributed by atoms with Gasteiger partial charge in [-0.3, -0.25) is 19.3 Å². The summed E-state index contributed by atoms with van der Waals surface area (Å²) >= 11 is 0. The molecule has 3 amide bonds. The maximum Gasteiger partial charge on any atom is 0.253 e. The van der Waals surface area contributed by atoms with E-state index in [2.05, 4.69) is 6.07 Å². The lowest BCUT2D eigenvalue weighted by atomic mass is 10.0. The van der Waals surface area contributed by atoms with E-state index in [0.29, 0.717) is 24.6 Å². The molecule has 2 bridgehead atoms. The van der Waals surface area contributed by atoms with Crippen molar-refractivity contribution in [3.8, 4) is 6.07 Å². The van der Waals surface area contributed by atoms with Gasteiger partial charge in [0, 0.05) is 44.8 Å². The summed E-state index contributed by atoms with van der Waals surface area (Å²) in [7, 11) is 3.44. The molecule has 4 fully saturated rings. The van der Waals surface area contributed by atoms with Gasteiger partial charge in [-0.25, -0.2) is 0 Å². The van der Waals surface area contributed by atoms with Crippen LogP contribution in [0.25, 0.3) is 0 Å². The summed E-state index contributed by atoms with van der Waals surface area (Å²) in [6.07, 6.45) is 2.44. The Kier molecular flexibility index (Phi) is 5.61. The Bertz CT molecular complexity index is 1070. The van der Waals surface area contributed by atoms with E-state index >= 15 is 0 Å². The number of carbonyl (C=O) groups excluding carboxylic acids is 3. The average molecular weight is 465 g/mol. The Balaban J connectivity index is 1.24. The van der Waals surface area contributed by atoms with Gasteiger partial charge in [-0.05, 0) is 49.8 Å². The highest BCUT2D eigenvalue weighted by atomic mass is 16.2. The third-order valence-electron chi connectivity index (χ3n) is 8.01. The fourth-order valence-electron chi connectivity index (χ4n) is 6.16. The molecule has 4 aliphatic rings. The number of nitrogens with two attached hydrogens (primary N) is 1. The lowest BCUT2D eigenvalue weighted by Crippen LogP contribution is -2.57. The molecule has 1 aromatic carbocycles. The molecule has 9 nitrogen and oxygen atoms in total. The number of hydrogen-bond donors (Lipinski definition) is 1. The molecule has 1 saturated carbocycles. The Morgan fingerprint density at radius 1 is 1.26 bits per heavy atom. The van der Waals surface area contributed by atoms with Crippen molar-refractivity contribution in [1.82, 2.24) is 19.6 Å². The smallest absolute Gasteiger partial charge is 0.253 e. The van der Waals surface area contributed by atoms with E-state index in [1.165, 1.54) is 0 Å². The largest absolute Gasteiger partial charge is 0.345 e. The molecule has 2 N–H and O–H groups in total. The minimum atomic E-state index is -0.734. The summed E-state index contributed by atoms with van der Waals surface area (Å²) in [6, 6.07) is 8.39. The van der Waals surface area contributed by atoms with E-state index in [4.69, 9.17) is 5.73 Å². The van der Waals surface area contributed by atoms with Gasteiger partial charge in [-0.15, -0.1) is 0 Å². The van der Waals surface area contributed by atoms with Gasteiger partial charge in [0.15, 0.2) is 0 Å². The first-order chi connectivity index (χ1) is 16.2. The van der Waals surface area contributed by atoms with Crippen LogP contribution in [0.4, 0.5) is 0 Å². The van der Waals surface area contributed by atoms with Crippen molar-refractivity contribution < 1.29 is 14.4 Å². The highest BCUT2D eigenvalue weighted by Gasteiger charge is 2.56. The summed E-state index contributed by atoms with van der Waals surface area (Å²) < 4.78 is 0. The topological polar surface area (TPSA) is 114 Å². The minimum Gasteiger partial charge on any atom is -0.345 e. The van der Waals surface area contributed by atoms with Gasteiger partial charge in [0.1, 0.15) is 6.04 Å². The first kappa shape index (κ1) is 22.8. The number of hydrogen-bond acceptors (Lipinski definition) is 6. The second kappa shape index (κ2) is 8.36. The van der Waals surface area contributed by atoms with E-state index in [0.717, 1.165) is 24.8 Å². The van der Waals surface area contributed by atoms with Crippen molar-refractivity contribution in [2.45, 2.75) is 62.4 Å². The Labute approximate surface area is 200 Å². The fraction of sp³-hybridized carbons (Fsp3) is 0.600. The number of piperazine rings is 1. The fourth-order valence-corrected chi connectivity index (χ4v) is 6.16. The summed E-state index contributed by atoms with van der Waals surface area (Å²) in [5.41, 5.74) is 7.84. The van der Waals surface area contributed by atoms with E-state index in [-0.39, 0.29) is 47.9 Å². The zero-order valence-electron chi connectivity index (χ0n) is 19.9. The van der Waals surface area contributed by atoms with Crippen LogP contribution in [0.2, 0.25) is 0 Å². The molecule has 0 aromatic heterocycles. The SMILES string of the molecule is C[C@H](c1cccc(C(=O)N(C)C)c1)N1C(=O)[C@@H]2C[C@H]1CN2C[C@H](N)C(=O)N1[C@H](C#N)CC2C[C@@H]21. The number of rotatable bonds is 6. The second-order valence-electron chi connectivity index (χ2n) is 10.4. The van der Waals surface area contributed by atoms with Crippen LogP contribution in [0, 0.1) is 17.2 Å². The number of benzene rings is 1. The van der Waals surface area contributed by atoms with Crippen LogP contribution in [0.3, 0.4) is 0 Å². The molecule has 5 rings (SSSR count). The zero-order valence-corrected chi connectivity index (χ0v) is 19.9. The molecule has 0 radical (unpaired) electrons. The highest BCUT2D eigenvalue weighted by molar-refractivity contribution is 5.94. The molecular weight excluding hydrogens is 432 g/mol. The lowest BCUT2D eigenvalue weighted by Gasteiger charge is -2.38. The van der Waals surface area contributed by atoms with Gasteiger partial charge in [-0.2, -0.15) is 5.26 Å². The molecule has 3 heterocycles. The third kappa shape index (κ3) is 3.65. The normalized spacial score (nSPS) is 31.3. The number of nitriles is 1. The van der Waals surface area contributed by atoms with Crippen molar-refractivity contribution in [3.05, 3.63) is 35.4 Å². The van der Waals surface area contributed by atoms with Crippen LogP contribution in [0.5, 0.6) is 0 Å². The van der Waals surface area contributed by atoms with Crippen LogP contribution in [-0.4, -0.2) is 94.7 Å². The highest BCUT2D eigenvalue weighted by Crippen LogP contribution is 2.48. The number of carbonyl (C=O) groups is 3. The predicted molar refractivity (Wildman–Crippen MR) is 124 cm³/mol. The maximum atomic E-state index is 13.3. The van der Waals surface area contributed by atoms with Gasteiger partial charge < -0.3 is 20.4 Å². The van der Waals surface area contributed by atoms with Crippen molar-refractivity contribution in [2.24, 2.45) is 11.7 Å². The monoisotopic (exact) mass is 464 g/mol. The van der Waals surface area contributed by atoms with Gasteiger partial charge >= 0.3 is 0 Å². The second-order valence-corrected chi connectivity index (χ2v) is 10.4. The van der Waals surface area contributed by atoms with Gasteiger partial charge in [0.2, 0.25) is 11.8 Å². The molecule has 34 heavy (non-hydrogen) atoms. The quantitative estimate of drug-likeness (QED) is 0.659. The number of nitrogens with zero attached hydrogens (tertiary/aromatic N) is 5. The molecule has 1 aliphatic carbocycles. The maximum absolute atomic E-state index is 13.3. The Morgan fingerprint density at radius 2 is 2.03 bits per heavy atom. The first-order valence-corrected chi connectivity index (χ1v) is 12.1. The number of likely N-dealkylation sites (tertiary alicyclic amines) is 3. The molecule has 9 heteroatoms. The summed E-state index contributed by atoms with van der Waals surface area (Å²) in [5, 5.41) is 9.39. The van der Waals surface area contributed by atoms with Gasteiger partial charge in [-0.1, -0.05) is 12.1 Å². The predicted octanol–water partition coefficient (Wildman–Crippen LogP) is 0.575. The van der Waals surface area contributed by atoms with E-state index in [1.54, 1.807) is 30.0 Å². The molecule has 1 aromatic rings. The lowest BCUT2D eigenvalue weighted by molar-refractivity contribution is -0.141. The number of fused-ring (bicyclic) bond motifs is 3. The van der Waals surface area contributed by atoms with Crippen molar-refractivity contribution in [2.75, 3.05) is 27.2 Å². The number of piperidine rings is 1. The van der Waals surface area contributed by atoms with Crippen molar-refractivity contribution in [1.29, 1.82) is 5.26 Å². The minimum absolute atomic E-state index is 0.0473. The standard InChI is InChI=1S/C25H32N6O3/c1-14(15-5-4-6-16(7-15)23(32)28(2)3)30-19-10-22(25(30)34)29(12-19)13-20(27)24(33)31-18(11-26)8-17-9-21(17)31/h4-7,14,17-22H,8-10,12-13,27H2,1-3H3/t14-,17?,18+,19+,20+,21+,22+/m1/s1. The van der Waals surface area contributed by atoms with Crippen molar-refractivity contribution in [3.63, 3.8) is 0 Å². The molecule has 1 unspecified atom stereocenters. The number of amides is 3. The summed E-state index contributed by atoms with van der Waals surface area (Å²) in [4.78, 5) is 45.9. The molecular formula is C25H32N6O3. The van der Waals surface area contributed by atoms with Crippen LogP contribution in [0.15, 0.2) is 24.3 Å². The van der Waals surface area contributed by atoms with Crippen molar-refractivity contribution >= 4 is 17.7 Å². The Hall–Kier alpha value is -2.96. The Morgan fingerprint density at radius 3 is 2.71 bits per heavy atom. The third-order valence-corrected chi connectivity index (χ3v) is 8.01. The zero-order chi connectivity index (χ0) is 24.3. The van der Waals surface area contributed by atoms with E-state index in [1.807, 2.05) is 34.9 Å². The molecule has 0 spiro atoms. The molecule has 180 valence electrons. The van der Waals surface area contributed by atoms with Gasteiger partial charge in [0.05, 0.1) is 24.2 Å². The van der Waals surface area contributed by atoms with Crippen LogP contribution in [0.1, 0.15) is 48.1 Å². The summed E-state index contributed by atoms with van der Waals surface area (Å²) in [5.74, 6) is 0.263. The van der Waals surface area contributed by atoms with E-state index < -0.39 is 6.04 Å². The van der Waals surface area contributed by atoms with Gasteiger partial charge in [0.25, 0.3) is 5.91 Å². The first-order valence-electron chi connectivity index (χ1n) is 12.1. The van der Waals surface area contributed by atoms with Crippen LogP contribution >= 0.6 is 0 Å². The molecule has 7 atom stereocenters. The molecule has 3 saturated heterocycles.